The number of aryl methyl sites for hydroxylation is 1. The average molecular weight is 264 g/mol. The first-order chi connectivity index (χ1) is 8.27. The second-order valence-corrected chi connectivity index (χ2v) is 5.72. The van der Waals surface area contributed by atoms with Crippen molar-refractivity contribution in [3.8, 4) is 0 Å². The molecule has 0 aliphatic carbocycles. The molecule has 0 radical (unpaired) electrons. The Morgan fingerprint density at radius 1 is 1.33 bits per heavy atom. The van der Waals surface area contributed by atoms with E-state index >= 15 is 0 Å². The smallest absolute Gasteiger partial charge is 0.225 e. The van der Waals surface area contributed by atoms with Crippen molar-refractivity contribution in [1.29, 1.82) is 0 Å². The molecule has 3 nitrogen and oxygen atoms in total. The van der Waals surface area contributed by atoms with E-state index in [9.17, 15) is 4.79 Å². The maximum Gasteiger partial charge on any atom is 0.225 e. The number of benzene rings is 1. The molecule has 1 rings (SSSR count). The first-order valence-electron chi connectivity index (χ1n) is 5.98. The summed E-state index contributed by atoms with van der Waals surface area (Å²) in [4.78, 5) is 11.8. The van der Waals surface area contributed by atoms with Gasteiger partial charge in [-0.1, -0.05) is 32.9 Å². The Balaban J connectivity index is 2.87. The van der Waals surface area contributed by atoms with Gasteiger partial charge in [-0.15, -0.1) is 0 Å². The zero-order valence-corrected chi connectivity index (χ0v) is 12.4. The zero-order valence-electron chi connectivity index (χ0n) is 11.6. The lowest BCUT2D eigenvalue weighted by molar-refractivity contribution is -0.128. The van der Waals surface area contributed by atoms with Crippen molar-refractivity contribution in [2.45, 2.75) is 41.2 Å². The molecular formula is C14H20N2OS. The van der Waals surface area contributed by atoms with Gasteiger partial charge in [0.15, 0.2) is 0 Å². The van der Waals surface area contributed by atoms with Crippen LogP contribution in [0.15, 0.2) is 16.5 Å². The van der Waals surface area contributed by atoms with E-state index in [0.717, 1.165) is 22.4 Å². The van der Waals surface area contributed by atoms with Crippen LogP contribution in [0, 0.1) is 19.3 Å². The molecule has 0 atom stereocenters. The Kier molecular flexibility index (Phi) is 4.57. The Morgan fingerprint density at radius 3 is 2.44 bits per heavy atom. The maximum absolute atomic E-state index is 11.8. The topological polar surface area (TPSA) is 41.5 Å². The van der Waals surface area contributed by atoms with Crippen LogP contribution in [-0.2, 0) is 23.8 Å². The van der Waals surface area contributed by atoms with Gasteiger partial charge < -0.3 is 5.32 Å². The standard InChI is InChI=1S/C14H20N2OS/c1-9-6-7-11(10(2)12(9)16-18)8-15-13(17)14(3,4)5/h6-7H,8H2,1-5H3,(H,15,17). The second-order valence-electron chi connectivity index (χ2n) is 5.54. The van der Waals surface area contributed by atoms with Crippen LogP contribution >= 0.6 is 0 Å². The van der Waals surface area contributed by atoms with E-state index in [4.69, 9.17) is 12.4 Å². The minimum absolute atomic E-state index is 0.0411. The van der Waals surface area contributed by atoms with E-state index in [0.29, 0.717) is 6.54 Å². The quantitative estimate of drug-likeness (QED) is 0.910. The molecule has 0 unspecified atom stereocenters. The fourth-order valence-electron chi connectivity index (χ4n) is 1.65. The molecule has 0 saturated heterocycles. The summed E-state index contributed by atoms with van der Waals surface area (Å²) in [5.41, 5.74) is 3.63. The van der Waals surface area contributed by atoms with Gasteiger partial charge in [-0.2, -0.15) is 4.36 Å². The largest absolute Gasteiger partial charge is 0.352 e. The van der Waals surface area contributed by atoms with Gasteiger partial charge in [0.25, 0.3) is 0 Å². The molecule has 0 bridgehead atoms. The molecule has 1 aromatic carbocycles. The van der Waals surface area contributed by atoms with Gasteiger partial charge >= 0.3 is 0 Å². The van der Waals surface area contributed by atoms with Gasteiger partial charge in [-0.05, 0) is 30.5 Å². The van der Waals surface area contributed by atoms with Gasteiger partial charge in [0.2, 0.25) is 5.91 Å². The predicted molar refractivity (Wildman–Crippen MR) is 76.7 cm³/mol. The Labute approximate surface area is 114 Å². The van der Waals surface area contributed by atoms with Gasteiger partial charge in [-0.3, -0.25) is 4.79 Å². The third kappa shape index (κ3) is 3.35. The van der Waals surface area contributed by atoms with Crippen molar-refractivity contribution in [3.63, 3.8) is 0 Å². The maximum atomic E-state index is 11.8. The van der Waals surface area contributed by atoms with Crippen LogP contribution < -0.4 is 5.32 Å². The number of amides is 1. The van der Waals surface area contributed by atoms with Crippen LogP contribution in [0.3, 0.4) is 0 Å². The molecule has 0 spiro atoms. The highest BCUT2D eigenvalue weighted by molar-refractivity contribution is 7.47. The van der Waals surface area contributed by atoms with Crippen LogP contribution in [0.2, 0.25) is 0 Å². The van der Waals surface area contributed by atoms with Crippen LogP contribution in [0.1, 0.15) is 37.5 Å². The number of nitrogens with zero attached hydrogens (tertiary/aromatic N) is 1. The molecule has 98 valence electrons. The monoisotopic (exact) mass is 264 g/mol. The highest BCUT2D eigenvalue weighted by Crippen LogP contribution is 2.26. The number of rotatable bonds is 3. The third-order valence-corrected chi connectivity index (χ3v) is 3.14. The fourth-order valence-corrected chi connectivity index (χ4v) is 1.93. The first kappa shape index (κ1) is 14.8. The number of hydrogen-bond acceptors (Lipinski definition) is 3. The summed E-state index contributed by atoms with van der Waals surface area (Å²) >= 11 is 4.79. The Hall–Kier alpha value is -1.29. The highest BCUT2D eigenvalue weighted by Gasteiger charge is 2.20. The van der Waals surface area contributed by atoms with Crippen LogP contribution in [0.25, 0.3) is 0 Å². The summed E-state index contributed by atoms with van der Waals surface area (Å²) < 4.78 is 3.88. The van der Waals surface area contributed by atoms with Crippen molar-refractivity contribution in [2.75, 3.05) is 0 Å². The van der Waals surface area contributed by atoms with E-state index in [1.54, 1.807) is 0 Å². The molecule has 1 N–H and O–H groups in total. The summed E-state index contributed by atoms with van der Waals surface area (Å²) in [6.07, 6.45) is 0. The van der Waals surface area contributed by atoms with E-state index < -0.39 is 0 Å². The lowest BCUT2D eigenvalue weighted by atomic mass is 9.95. The van der Waals surface area contributed by atoms with Crippen molar-refractivity contribution in [2.24, 2.45) is 9.78 Å². The van der Waals surface area contributed by atoms with Crippen LogP contribution in [0.5, 0.6) is 0 Å². The number of carbonyl (C=O) groups is 1. The Morgan fingerprint density at radius 2 is 1.94 bits per heavy atom. The van der Waals surface area contributed by atoms with Crippen molar-refractivity contribution < 1.29 is 4.79 Å². The number of hydrogen-bond donors (Lipinski definition) is 1. The molecule has 4 heteroatoms. The summed E-state index contributed by atoms with van der Waals surface area (Å²) in [7, 11) is 0. The van der Waals surface area contributed by atoms with E-state index in [-0.39, 0.29) is 11.3 Å². The number of carbonyl (C=O) groups excluding carboxylic acids is 1. The lowest BCUT2D eigenvalue weighted by Crippen LogP contribution is -2.34. The molecule has 0 aliphatic heterocycles. The summed E-state index contributed by atoms with van der Waals surface area (Å²) in [5, 5.41) is 2.94. The molecule has 1 aromatic rings. The highest BCUT2D eigenvalue weighted by atomic mass is 32.1. The fraction of sp³-hybridized carbons (Fsp3) is 0.500. The molecule has 18 heavy (non-hydrogen) atoms. The van der Waals surface area contributed by atoms with Crippen LogP contribution in [-0.4, -0.2) is 5.91 Å². The summed E-state index contributed by atoms with van der Waals surface area (Å²) in [6, 6.07) is 3.99. The molecule has 0 saturated carbocycles. The molecule has 0 heterocycles. The molecule has 0 fully saturated rings. The molecule has 1 amide bonds. The second kappa shape index (κ2) is 5.57. The lowest BCUT2D eigenvalue weighted by Gasteiger charge is -2.18. The van der Waals surface area contributed by atoms with Gasteiger partial charge in [-0.25, -0.2) is 0 Å². The van der Waals surface area contributed by atoms with Crippen molar-refractivity contribution >= 4 is 24.0 Å². The summed E-state index contributed by atoms with van der Waals surface area (Å²) in [5.74, 6) is 0.0411. The average Bonchev–Trinajstić information content (AvgIpc) is 2.27. The minimum atomic E-state index is -0.371. The molecule has 0 aromatic heterocycles. The van der Waals surface area contributed by atoms with Gasteiger partial charge in [0.05, 0.1) is 5.69 Å². The predicted octanol–water partition coefficient (Wildman–Crippen LogP) is 3.33. The first-order valence-corrected chi connectivity index (χ1v) is 6.34. The van der Waals surface area contributed by atoms with Crippen molar-refractivity contribution in [3.05, 3.63) is 28.8 Å². The summed E-state index contributed by atoms with van der Waals surface area (Å²) in [6.45, 7) is 10.2. The third-order valence-electron chi connectivity index (χ3n) is 2.96. The Bertz CT molecular complexity index is 475. The van der Waals surface area contributed by atoms with Gasteiger partial charge in [0.1, 0.15) is 0 Å². The van der Waals surface area contributed by atoms with E-state index in [2.05, 4.69) is 9.68 Å². The van der Waals surface area contributed by atoms with E-state index in [1.165, 1.54) is 0 Å². The van der Waals surface area contributed by atoms with Gasteiger partial charge in [0, 0.05) is 24.4 Å². The number of nitrogens with one attached hydrogen (secondary N) is 1. The molecule has 0 aliphatic rings. The zero-order chi connectivity index (χ0) is 13.9. The normalized spacial score (nSPS) is 11.2. The minimum Gasteiger partial charge on any atom is -0.352 e. The van der Waals surface area contributed by atoms with E-state index in [1.807, 2.05) is 46.8 Å². The van der Waals surface area contributed by atoms with Crippen LogP contribution in [0.4, 0.5) is 5.69 Å². The molecular weight excluding hydrogens is 244 g/mol. The SMILES string of the molecule is Cc1ccc(CNC(=O)C(C)(C)C)c(C)c1N=S. The van der Waals surface area contributed by atoms with Crippen molar-refractivity contribution in [1.82, 2.24) is 5.32 Å².